The average molecular weight is 619 g/mol. The van der Waals surface area contributed by atoms with E-state index in [-0.39, 0.29) is 13.1 Å². The normalized spacial score (nSPS) is 33.2. The Kier molecular flexibility index (Phi) is 20.7. The fourth-order valence-corrected chi connectivity index (χ4v) is 5.67. The van der Waals surface area contributed by atoms with Crippen LogP contribution in [-0.2, 0) is 33.2 Å². The van der Waals surface area contributed by atoms with Gasteiger partial charge in [-0.25, -0.2) is 0 Å². The molecule has 43 heavy (non-hydrogen) atoms. The van der Waals surface area contributed by atoms with Crippen LogP contribution in [0.3, 0.4) is 0 Å². The molecule has 0 amide bonds. The van der Waals surface area contributed by atoms with Crippen molar-refractivity contribution in [2.45, 2.75) is 166 Å². The summed E-state index contributed by atoms with van der Waals surface area (Å²) in [4.78, 5) is 0. The molecule has 2 aliphatic rings. The van der Waals surface area contributed by atoms with E-state index >= 15 is 0 Å². The van der Waals surface area contributed by atoms with Crippen molar-refractivity contribution in [2.24, 2.45) is 22.9 Å². The first-order valence-electron chi connectivity index (χ1n) is 17.3. The van der Waals surface area contributed by atoms with E-state index in [1.165, 1.54) is 0 Å². The van der Waals surface area contributed by atoms with Gasteiger partial charge in [0.15, 0.2) is 12.6 Å². The number of unbranched alkanes of at least 4 members (excludes halogenated alkanes) is 8. The Morgan fingerprint density at radius 2 is 0.767 bits per heavy atom. The van der Waals surface area contributed by atoms with Crippen LogP contribution in [0.2, 0.25) is 0 Å². The van der Waals surface area contributed by atoms with Gasteiger partial charge >= 0.3 is 0 Å². The second kappa shape index (κ2) is 23.0. The molecule has 0 saturated carbocycles. The molecule has 2 heterocycles. The van der Waals surface area contributed by atoms with Crippen molar-refractivity contribution in [3.05, 3.63) is 0 Å². The van der Waals surface area contributed by atoms with Crippen molar-refractivity contribution in [3.63, 3.8) is 0 Å². The number of rotatable bonds is 24. The van der Waals surface area contributed by atoms with Crippen molar-refractivity contribution in [1.82, 2.24) is 0 Å². The van der Waals surface area contributed by atoms with E-state index in [4.69, 9.17) is 56.1 Å². The maximum atomic E-state index is 6.67. The van der Waals surface area contributed by atoms with Gasteiger partial charge in [-0.1, -0.05) is 79.1 Å². The minimum atomic E-state index is -0.841. The first kappa shape index (κ1) is 38.7. The van der Waals surface area contributed by atoms with E-state index in [1.807, 2.05) is 0 Å². The highest BCUT2D eigenvalue weighted by molar-refractivity contribution is 4.98. The number of hydrogen-bond donors (Lipinski definition) is 4. The maximum Gasteiger partial charge on any atom is 0.189 e. The predicted molar refractivity (Wildman–Crippen MR) is 170 cm³/mol. The minimum absolute atomic E-state index is 0.223. The summed E-state index contributed by atoms with van der Waals surface area (Å²) in [7, 11) is 0. The predicted octanol–water partition coefficient (Wildman–Crippen LogP) is 3.33. The van der Waals surface area contributed by atoms with E-state index in [0.29, 0.717) is 26.4 Å². The Balaban J connectivity index is 2.33. The van der Waals surface area contributed by atoms with Crippen molar-refractivity contribution in [2.75, 3.05) is 39.5 Å². The molecule has 0 bridgehead atoms. The van der Waals surface area contributed by atoms with Gasteiger partial charge in [0, 0.05) is 39.5 Å². The zero-order chi connectivity index (χ0) is 31.5. The van der Waals surface area contributed by atoms with Gasteiger partial charge in [0.05, 0.1) is 24.3 Å². The molecule has 2 rings (SSSR count). The molecule has 0 aliphatic carbocycles. The van der Waals surface area contributed by atoms with Gasteiger partial charge < -0.3 is 56.1 Å². The lowest BCUT2D eigenvalue weighted by molar-refractivity contribution is -0.367. The van der Waals surface area contributed by atoms with Crippen molar-refractivity contribution < 1.29 is 33.2 Å². The van der Waals surface area contributed by atoms with Crippen LogP contribution < -0.4 is 22.9 Å². The van der Waals surface area contributed by atoms with Crippen LogP contribution in [0.15, 0.2) is 0 Å². The topological polar surface area (TPSA) is 169 Å². The Labute approximate surface area is 261 Å². The Bertz CT molecular complexity index is 628. The molecule has 0 aromatic heterocycles. The smallest absolute Gasteiger partial charge is 0.189 e. The van der Waals surface area contributed by atoms with Gasteiger partial charge in [0.1, 0.15) is 24.4 Å². The van der Waals surface area contributed by atoms with Crippen molar-refractivity contribution >= 4 is 0 Å². The molecule has 11 nitrogen and oxygen atoms in total. The molecular formula is C32H66N4O7. The van der Waals surface area contributed by atoms with Crippen LogP contribution in [0.4, 0.5) is 0 Å². The first-order valence-corrected chi connectivity index (χ1v) is 17.3. The molecule has 8 N–H and O–H groups in total. The summed E-state index contributed by atoms with van der Waals surface area (Å²) in [5.74, 6) is 0. The SMILES string of the molecule is CCCCCO[C@H]1[C@@H](O[C@H]2O[C@H](CN)[C@H](N)[C@H](OCCCCC)[C@H]2OCCCCC)O[C@H](CN)[C@H](N)[C@@H]1OCCCCC. The average Bonchev–Trinajstić information content (AvgIpc) is 3.01. The third-order valence-electron chi connectivity index (χ3n) is 8.38. The van der Waals surface area contributed by atoms with Gasteiger partial charge in [0.25, 0.3) is 0 Å². The molecule has 2 saturated heterocycles. The molecule has 11 heteroatoms. The lowest BCUT2D eigenvalue weighted by Gasteiger charge is -2.49. The van der Waals surface area contributed by atoms with E-state index in [9.17, 15) is 0 Å². The highest BCUT2D eigenvalue weighted by Crippen LogP contribution is 2.32. The molecule has 0 aromatic rings. The van der Waals surface area contributed by atoms with Crippen molar-refractivity contribution in [1.29, 1.82) is 0 Å². The number of ether oxygens (including phenoxy) is 7. The third kappa shape index (κ3) is 12.7. The zero-order valence-corrected chi connectivity index (χ0v) is 27.7. The Morgan fingerprint density at radius 3 is 1.05 bits per heavy atom. The highest BCUT2D eigenvalue weighted by atomic mass is 16.8. The summed E-state index contributed by atoms with van der Waals surface area (Å²) >= 11 is 0. The molecule has 0 unspecified atom stereocenters. The highest BCUT2D eigenvalue weighted by Gasteiger charge is 2.51. The summed E-state index contributed by atoms with van der Waals surface area (Å²) in [5, 5.41) is 0. The van der Waals surface area contributed by atoms with Gasteiger partial charge in [-0.05, 0) is 25.7 Å². The summed E-state index contributed by atoms with van der Waals surface area (Å²) in [6.07, 6.45) is 7.68. The van der Waals surface area contributed by atoms with E-state index in [2.05, 4.69) is 27.7 Å². The van der Waals surface area contributed by atoms with Gasteiger partial charge in [-0.15, -0.1) is 0 Å². The maximum absolute atomic E-state index is 6.67. The van der Waals surface area contributed by atoms with Gasteiger partial charge in [-0.3, -0.25) is 0 Å². The zero-order valence-electron chi connectivity index (χ0n) is 27.7. The molecule has 2 aliphatic heterocycles. The molecule has 0 spiro atoms. The van der Waals surface area contributed by atoms with Crippen LogP contribution in [0.5, 0.6) is 0 Å². The molecule has 256 valence electrons. The quantitative estimate of drug-likeness (QED) is 0.117. The van der Waals surface area contributed by atoms with Crippen LogP contribution >= 0.6 is 0 Å². The lowest BCUT2D eigenvalue weighted by Crippen LogP contribution is -2.68. The van der Waals surface area contributed by atoms with Crippen LogP contribution in [0.1, 0.15) is 105 Å². The third-order valence-corrected chi connectivity index (χ3v) is 8.38. The molecule has 2 fully saturated rings. The molecule has 0 aromatic carbocycles. The first-order chi connectivity index (χ1) is 21.0. The van der Waals surface area contributed by atoms with Crippen molar-refractivity contribution in [3.8, 4) is 0 Å². The molecular weight excluding hydrogens is 552 g/mol. The lowest BCUT2D eigenvalue weighted by atomic mass is 9.95. The monoisotopic (exact) mass is 618 g/mol. The van der Waals surface area contributed by atoms with Crippen LogP contribution in [-0.4, -0.2) is 101 Å². The Hall–Kier alpha value is -0.440. The summed E-state index contributed by atoms with van der Waals surface area (Å²) in [6, 6.07) is -0.924. The fraction of sp³-hybridized carbons (Fsp3) is 1.00. The van der Waals surface area contributed by atoms with Gasteiger partial charge in [0.2, 0.25) is 0 Å². The summed E-state index contributed by atoms with van der Waals surface area (Å²) in [5.41, 5.74) is 25.6. The van der Waals surface area contributed by atoms with Gasteiger partial charge in [-0.2, -0.15) is 0 Å². The fourth-order valence-electron chi connectivity index (χ4n) is 5.67. The number of hydrogen-bond acceptors (Lipinski definition) is 11. The van der Waals surface area contributed by atoms with E-state index in [1.54, 1.807) is 0 Å². The minimum Gasteiger partial charge on any atom is -0.374 e. The second-order valence-corrected chi connectivity index (χ2v) is 12.0. The summed E-state index contributed by atoms with van der Waals surface area (Å²) in [6.45, 7) is 11.3. The van der Waals surface area contributed by atoms with Crippen LogP contribution in [0.25, 0.3) is 0 Å². The second-order valence-electron chi connectivity index (χ2n) is 12.0. The summed E-state index contributed by atoms with van der Waals surface area (Å²) < 4.78 is 45.1. The van der Waals surface area contributed by atoms with E-state index in [0.717, 1.165) is 77.0 Å². The molecule has 0 radical (unpaired) electrons. The molecule has 10 atom stereocenters. The van der Waals surface area contributed by atoms with Crippen LogP contribution in [0, 0.1) is 0 Å². The largest absolute Gasteiger partial charge is 0.374 e. The number of nitrogens with two attached hydrogens (primary N) is 4. The Morgan fingerprint density at radius 1 is 0.465 bits per heavy atom. The van der Waals surface area contributed by atoms with E-state index < -0.39 is 61.3 Å². The standard InChI is InChI=1S/C32H66N4O7/c1-5-9-13-17-37-27-25(35)23(21-33)41-31(29(27)39-19-15-11-7-3)43-32-30(40-20-16-12-8-4)28(38-18-14-10-6-2)26(36)24(22-34)42-32/h23-32H,5-22,33-36H2,1-4H3/t23-,24-,25+,26+,27+,28+,29-,30-,31-,32-/m1/s1.